The zero-order chi connectivity index (χ0) is 14.6. The van der Waals surface area contributed by atoms with Gasteiger partial charge in [-0.05, 0) is 38.9 Å². The molecule has 1 aromatic rings. The summed E-state index contributed by atoms with van der Waals surface area (Å²) in [6.45, 7) is 8.07. The number of fused-ring (bicyclic) bond motifs is 1. The van der Waals surface area contributed by atoms with Gasteiger partial charge in [0.15, 0.2) is 0 Å². The molecule has 4 nitrogen and oxygen atoms in total. The number of nitrogens with one attached hydrogen (secondary N) is 1. The van der Waals surface area contributed by atoms with Gasteiger partial charge in [0, 0.05) is 11.6 Å². The van der Waals surface area contributed by atoms with E-state index < -0.39 is 0 Å². The normalized spacial score (nSPS) is 17.2. The molecule has 1 heterocycles. The number of nitriles is 1. The van der Waals surface area contributed by atoms with Gasteiger partial charge in [-0.25, -0.2) is 0 Å². The summed E-state index contributed by atoms with van der Waals surface area (Å²) in [5.74, 6) is 1.70. The van der Waals surface area contributed by atoms with Crippen LogP contribution < -0.4 is 14.8 Å². The molecule has 0 radical (unpaired) electrons. The van der Waals surface area contributed by atoms with Crippen molar-refractivity contribution in [2.75, 3.05) is 19.8 Å². The largest absolute Gasteiger partial charge is 0.493 e. The zero-order valence-electron chi connectivity index (χ0n) is 12.4. The van der Waals surface area contributed by atoms with Crippen molar-refractivity contribution in [1.29, 1.82) is 5.26 Å². The lowest BCUT2D eigenvalue weighted by Crippen LogP contribution is -2.21. The van der Waals surface area contributed by atoms with Gasteiger partial charge in [-0.15, -0.1) is 0 Å². The molecule has 20 heavy (non-hydrogen) atoms. The molecule has 2 rings (SSSR count). The Bertz CT molecular complexity index is 506. The molecule has 4 heteroatoms. The van der Waals surface area contributed by atoms with Crippen LogP contribution in [0, 0.1) is 16.7 Å². The van der Waals surface area contributed by atoms with Crippen LogP contribution in [-0.2, 0) is 0 Å². The van der Waals surface area contributed by atoms with E-state index in [4.69, 9.17) is 14.7 Å². The third-order valence-corrected chi connectivity index (χ3v) is 3.51. The van der Waals surface area contributed by atoms with Gasteiger partial charge in [0.1, 0.15) is 18.1 Å². The fourth-order valence-electron chi connectivity index (χ4n) is 2.18. The van der Waals surface area contributed by atoms with E-state index in [1.165, 1.54) is 5.56 Å². The van der Waals surface area contributed by atoms with E-state index in [9.17, 15) is 0 Å². The van der Waals surface area contributed by atoms with E-state index in [2.05, 4.69) is 24.4 Å². The van der Waals surface area contributed by atoms with Gasteiger partial charge >= 0.3 is 0 Å². The predicted molar refractivity (Wildman–Crippen MR) is 77.9 cm³/mol. The first-order valence-electron chi connectivity index (χ1n) is 7.10. The molecular weight excluding hydrogens is 252 g/mol. The maximum absolute atomic E-state index is 8.97. The van der Waals surface area contributed by atoms with Crippen molar-refractivity contribution >= 4 is 0 Å². The number of rotatable bonds is 6. The summed E-state index contributed by atoms with van der Waals surface area (Å²) in [6.07, 6.45) is 0.710. The van der Waals surface area contributed by atoms with Crippen molar-refractivity contribution in [2.45, 2.75) is 33.2 Å². The topological polar surface area (TPSA) is 54.3 Å². The van der Waals surface area contributed by atoms with Gasteiger partial charge < -0.3 is 14.8 Å². The molecule has 1 aromatic carbocycles. The van der Waals surface area contributed by atoms with Crippen LogP contribution in [0.4, 0.5) is 0 Å². The van der Waals surface area contributed by atoms with Crippen molar-refractivity contribution in [3.63, 3.8) is 0 Å². The highest BCUT2D eigenvalue weighted by Crippen LogP contribution is 2.35. The number of nitrogens with zero attached hydrogens (tertiary/aromatic N) is 1. The van der Waals surface area contributed by atoms with Gasteiger partial charge in [0.2, 0.25) is 0 Å². The lowest BCUT2D eigenvalue weighted by molar-refractivity contribution is 0.262. The van der Waals surface area contributed by atoms with Crippen molar-refractivity contribution < 1.29 is 9.47 Å². The van der Waals surface area contributed by atoms with Crippen LogP contribution in [0.3, 0.4) is 0 Å². The van der Waals surface area contributed by atoms with E-state index >= 15 is 0 Å². The number of benzene rings is 1. The molecule has 0 aromatic heterocycles. The second-order valence-corrected chi connectivity index (χ2v) is 5.72. The van der Waals surface area contributed by atoms with Crippen LogP contribution in [0.1, 0.15) is 38.8 Å². The smallest absolute Gasteiger partial charge is 0.127 e. The molecule has 1 N–H and O–H groups in total. The third-order valence-electron chi connectivity index (χ3n) is 3.51. The van der Waals surface area contributed by atoms with Crippen molar-refractivity contribution in [3.8, 4) is 17.6 Å². The second-order valence-electron chi connectivity index (χ2n) is 5.72. The van der Waals surface area contributed by atoms with Gasteiger partial charge in [-0.1, -0.05) is 6.92 Å². The highest BCUT2D eigenvalue weighted by Gasteiger charge is 2.23. The molecule has 1 aliphatic heterocycles. The molecule has 1 unspecified atom stereocenters. The monoisotopic (exact) mass is 274 g/mol. The standard InChI is InChI=1S/C16H22N2O2/c1-4-18-14-10-20-15-9-12(5-6-13(14)15)19-8-7-16(2,3)11-17/h5-6,9,14,18H,4,7-8,10H2,1-3H3. The lowest BCUT2D eigenvalue weighted by Gasteiger charge is -2.15. The maximum Gasteiger partial charge on any atom is 0.127 e. The fourth-order valence-corrected chi connectivity index (χ4v) is 2.18. The Hall–Kier alpha value is -1.73. The molecule has 1 atom stereocenters. The van der Waals surface area contributed by atoms with E-state index in [-0.39, 0.29) is 11.5 Å². The van der Waals surface area contributed by atoms with Gasteiger partial charge in [0.25, 0.3) is 0 Å². The van der Waals surface area contributed by atoms with Crippen LogP contribution in [-0.4, -0.2) is 19.8 Å². The second kappa shape index (κ2) is 6.15. The Morgan fingerprint density at radius 1 is 1.50 bits per heavy atom. The van der Waals surface area contributed by atoms with Crippen molar-refractivity contribution in [2.24, 2.45) is 5.41 Å². The van der Waals surface area contributed by atoms with Gasteiger partial charge in [0.05, 0.1) is 24.1 Å². The average Bonchev–Trinajstić information content (AvgIpc) is 2.82. The summed E-state index contributed by atoms with van der Waals surface area (Å²) >= 11 is 0. The summed E-state index contributed by atoms with van der Waals surface area (Å²) in [6, 6.07) is 8.52. The van der Waals surface area contributed by atoms with Crippen LogP contribution in [0.5, 0.6) is 11.5 Å². The van der Waals surface area contributed by atoms with Crippen molar-refractivity contribution in [3.05, 3.63) is 23.8 Å². The first-order chi connectivity index (χ1) is 9.55. The van der Waals surface area contributed by atoms with E-state index in [0.29, 0.717) is 19.6 Å². The van der Waals surface area contributed by atoms with Crippen molar-refractivity contribution in [1.82, 2.24) is 5.32 Å². The number of hydrogen-bond acceptors (Lipinski definition) is 4. The molecule has 0 spiro atoms. The Morgan fingerprint density at radius 3 is 3.00 bits per heavy atom. The van der Waals surface area contributed by atoms with Crippen LogP contribution in [0.15, 0.2) is 18.2 Å². The lowest BCUT2D eigenvalue weighted by atomic mass is 9.92. The zero-order valence-corrected chi connectivity index (χ0v) is 12.4. The summed E-state index contributed by atoms with van der Waals surface area (Å²) in [5.41, 5.74) is 0.847. The first-order valence-corrected chi connectivity index (χ1v) is 7.10. The molecule has 0 fully saturated rings. The Labute approximate surface area is 120 Å². The average molecular weight is 274 g/mol. The predicted octanol–water partition coefficient (Wildman–Crippen LogP) is 3.05. The van der Waals surface area contributed by atoms with Gasteiger partial charge in [-0.2, -0.15) is 5.26 Å². The van der Waals surface area contributed by atoms with E-state index in [1.54, 1.807) is 0 Å². The Balaban J connectivity index is 1.94. The third kappa shape index (κ3) is 3.43. The van der Waals surface area contributed by atoms with Gasteiger partial charge in [-0.3, -0.25) is 0 Å². The minimum absolute atomic E-state index is 0.279. The molecule has 0 saturated carbocycles. The molecule has 0 bridgehead atoms. The molecule has 0 aliphatic carbocycles. The van der Waals surface area contributed by atoms with Crippen LogP contribution in [0.25, 0.3) is 0 Å². The fraction of sp³-hybridized carbons (Fsp3) is 0.562. The molecular formula is C16H22N2O2. The maximum atomic E-state index is 8.97. The number of likely N-dealkylation sites (N-methyl/N-ethyl adjacent to an activating group) is 1. The minimum Gasteiger partial charge on any atom is -0.493 e. The van der Waals surface area contributed by atoms with Crippen LogP contribution >= 0.6 is 0 Å². The highest BCUT2D eigenvalue weighted by molar-refractivity contribution is 5.45. The quantitative estimate of drug-likeness (QED) is 0.866. The summed E-state index contributed by atoms with van der Waals surface area (Å²) in [7, 11) is 0. The first kappa shape index (κ1) is 14.7. The van der Waals surface area contributed by atoms with E-state index in [1.807, 2.05) is 26.0 Å². The number of ether oxygens (including phenoxy) is 2. The summed E-state index contributed by atoms with van der Waals surface area (Å²) in [4.78, 5) is 0. The summed E-state index contributed by atoms with van der Waals surface area (Å²) in [5, 5.41) is 12.4. The molecule has 108 valence electrons. The Morgan fingerprint density at radius 2 is 2.30 bits per heavy atom. The Kier molecular flexibility index (Phi) is 4.51. The molecule has 0 saturated heterocycles. The highest BCUT2D eigenvalue weighted by atomic mass is 16.5. The molecule has 1 aliphatic rings. The number of hydrogen-bond donors (Lipinski definition) is 1. The SMILES string of the molecule is CCNC1COc2cc(OCCC(C)(C)C#N)ccc21. The van der Waals surface area contributed by atoms with E-state index in [0.717, 1.165) is 18.0 Å². The molecule has 0 amide bonds. The summed E-state index contributed by atoms with van der Waals surface area (Å²) < 4.78 is 11.4. The minimum atomic E-state index is -0.344. The van der Waals surface area contributed by atoms with Crippen LogP contribution in [0.2, 0.25) is 0 Å².